The number of pyridine rings is 1. The lowest BCUT2D eigenvalue weighted by atomic mass is 10.1. The minimum Gasteiger partial charge on any atom is -0.452 e. The van der Waals surface area contributed by atoms with E-state index in [2.05, 4.69) is 4.98 Å². The summed E-state index contributed by atoms with van der Waals surface area (Å²) in [5.41, 5.74) is 2.37. The van der Waals surface area contributed by atoms with Gasteiger partial charge < -0.3 is 9.47 Å². The van der Waals surface area contributed by atoms with Gasteiger partial charge in [-0.05, 0) is 42.8 Å². The summed E-state index contributed by atoms with van der Waals surface area (Å²) in [6, 6.07) is 17.3. The van der Waals surface area contributed by atoms with E-state index in [0.717, 1.165) is 5.56 Å². The molecule has 2 aromatic carbocycles. The number of hydrogen-bond donors (Lipinski definition) is 0. The van der Waals surface area contributed by atoms with Crippen molar-refractivity contribution in [1.29, 1.82) is 0 Å². The Kier molecular flexibility index (Phi) is 4.26. The van der Waals surface area contributed by atoms with E-state index in [0.29, 0.717) is 28.3 Å². The Morgan fingerprint density at radius 2 is 1.89 bits per heavy atom. The Bertz CT molecular complexity index is 1070. The maximum atomic E-state index is 12.5. The molecule has 0 aliphatic carbocycles. The van der Waals surface area contributed by atoms with Crippen LogP contribution in [0.4, 0.5) is 0 Å². The molecule has 5 heteroatoms. The molecule has 1 aliphatic rings. The van der Waals surface area contributed by atoms with Crippen LogP contribution in [0.3, 0.4) is 0 Å². The van der Waals surface area contributed by atoms with E-state index in [1.54, 1.807) is 54.7 Å². The van der Waals surface area contributed by atoms with E-state index in [9.17, 15) is 9.59 Å². The third kappa shape index (κ3) is 3.35. The molecule has 0 unspecified atom stereocenters. The summed E-state index contributed by atoms with van der Waals surface area (Å²) in [6.07, 6.45) is 3.23. The van der Waals surface area contributed by atoms with Crippen LogP contribution in [0.2, 0.25) is 0 Å². The van der Waals surface area contributed by atoms with Crippen LogP contribution in [0, 0.1) is 6.92 Å². The van der Waals surface area contributed by atoms with Gasteiger partial charge in [0.2, 0.25) is 5.78 Å². The smallest absolute Gasteiger partial charge is 0.343 e. The van der Waals surface area contributed by atoms with Crippen molar-refractivity contribution in [1.82, 2.24) is 4.98 Å². The van der Waals surface area contributed by atoms with Crippen LogP contribution in [-0.2, 0) is 0 Å². The largest absolute Gasteiger partial charge is 0.452 e. The number of aryl methyl sites for hydroxylation is 1. The van der Waals surface area contributed by atoms with Crippen molar-refractivity contribution >= 4 is 17.8 Å². The monoisotopic (exact) mass is 357 g/mol. The lowest BCUT2D eigenvalue weighted by Gasteiger charge is -2.07. The number of ether oxygens (including phenoxy) is 2. The fraction of sp³-hybridized carbons (Fsp3) is 0.0455. The zero-order valence-corrected chi connectivity index (χ0v) is 14.5. The van der Waals surface area contributed by atoms with Gasteiger partial charge in [-0.25, -0.2) is 4.79 Å². The summed E-state index contributed by atoms with van der Waals surface area (Å²) >= 11 is 0. The molecule has 1 aliphatic heterocycles. The first-order chi connectivity index (χ1) is 13.1. The van der Waals surface area contributed by atoms with Gasteiger partial charge in [-0.15, -0.1) is 0 Å². The second-order valence-corrected chi connectivity index (χ2v) is 6.06. The van der Waals surface area contributed by atoms with Gasteiger partial charge in [-0.2, -0.15) is 0 Å². The van der Waals surface area contributed by atoms with Crippen LogP contribution in [0.15, 0.2) is 72.6 Å². The molecule has 0 amide bonds. The van der Waals surface area contributed by atoms with Crippen molar-refractivity contribution in [3.8, 4) is 11.5 Å². The topological polar surface area (TPSA) is 65.5 Å². The number of nitrogens with zero attached hydrogens (tertiary/aromatic N) is 1. The van der Waals surface area contributed by atoms with E-state index >= 15 is 0 Å². The molecular weight excluding hydrogens is 342 g/mol. The van der Waals surface area contributed by atoms with Gasteiger partial charge >= 0.3 is 5.97 Å². The summed E-state index contributed by atoms with van der Waals surface area (Å²) in [4.78, 5) is 29.0. The highest BCUT2D eigenvalue weighted by atomic mass is 16.5. The van der Waals surface area contributed by atoms with E-state index in [1.807, 2.05) is 25.1 Å². The predicted octanol–water partition coefficient (Wildman–Crippen LogP) is 4.23. The Morgan fingerprint density at radius 1 is 1.07 bits per heavy atom. The first kappa shape index (κ1) is 16.7. The number of hydrogen-bond acceptors (Lipinski definition) is 5. The highest BCUT2D eigenvalue weighted by molar-refractivity contribution is 6.14. The first-order valence-electron chi connectivity index (χ1n) is 8.39. The van der Waals surface area contributed by atoms with Gasteiger partial charge in [0.1, 0.15) is 11.5 Å². The average molecular weight is 357 g/mol. The number of allylic oxidation sites excluding steroid dienone is 1. The Morgan fingerprint density at radius 3 is 2.67 bits per heavy atom. The number of aromatic nitrogens is 1. The molecule has 132 valence electrons. The SMILES string of the molecule is Cc1ccccc1C(=O)Oc1ccc2c(c1)O/C(=C\c1ccccn1)C2=O. The average Bonchev–Trinajstić information content (AvgIpc) is 2.98. The Labute approximate surface area is 155 Å². The van der Waals surface area contributed by atoms with Crippen molar-refractivity contribution < 1.29 is 19.1 Å². The first-order valence-corrected chi connectivity index (χ1v) is 8.39. The van der Waals surface area contributed by atoms with Crippen LogP contribution < -0.4 is 9.47 Å². The molecule has 0 saturated carbocycles. The summed E-state index contributed by atoms with van der Waals surface area (Å²) in [7, 11) is 0. The normalized spacial score (nSPS) is 14.0. The standard InChI is InChI=1S/C22H15NO4/c1-14-6-2-3-8-17(14)22(25)26-16-9-10-18-19(13-16)27-20(21(18)24)12-15-7-4-5-11-23-15/h2-13H,1H3/b20-12-. The molecule has 4 rings (SSSR count). The molecule has 0 atom stereocenters. The number of carbonyl (C=O) groups is 2. The number of carbonyl (C=O) groups excluding carboxylic acids is 2. The number of ketones is 1. The maximum Gasteiger partial charge on any atom is 0.343 e. The second-order valence-electron chi connectivity index (χ2n) is 6.06. The molecule has 5 nitrogen and oxygen atoms in total. The van der Waals surface area contributed by atoms with Crippen molar-refractivity contribution in [2.24, 2.45) is 0 Å². The minimum absolute atomic E-state index is 0.186. The van der Waals surface area contributed by atoms with Crippen molar-refractivity contribution in [2.45, 2.75) is 6.92 Å². The molecule has 0 radical (unpaired) electrons. The van der Waals surface area contributed by atoms with Crippen LogP contribution in [0.1, 0.15) is 32.0 Å². The summed E-state index contributed by atoms with van der Waals surface area (Å²) in [5.74, 6) is 0.172. The van der Waals surface area contributed by atoms with Gasteiger partial charge in [0.05, 0.1) is 16.8 Å². The molecule has 0 N–H and O–H groups in total. The van der Waals surface area contributed by atoms with Crippen molar-refractivity contribution in [2.75, 3.05) is 0 Å². The van der Waals surface area contributed by atoms with Crippen molar-refractivity contribution in [3.63, 3.8) is 0 Å². The molecule has 0 fully saturated rings. The lowest BCUT2D eigenvalue weighted by Crippen LogP contribution is -2.10. The zero-order chi connectivity index (χ0) is 18.8. The number of fused-ring (bicyclic) bond motifs is 1. The molecule has 1 aromatic heterocycles. The van der Waals surface area contributed by atoms with Gasteiger partial charge in [-0.3, -0.25) is 9.78 Å². The van der Waals surface area contributed by atoms with Crippen molar-refractivity contribution in [3.05, 3.63) is 95.0 Å². The number of esters is 1. The molecule has 0 spiro atoms. The van der Waals surface area contributed by atoms with Crippen LogP contribution in [0.5, 0.6) is 11.5 Å². The quantitative estimate of drug-likeness (QED) is 0.399. The van der Waals surface area contributed by atoms with Gasteiger partial charge in [-0.1, -0.05) is 24.3 Å². The highest BCUT2D eigenvalue weighted by Crippen LogP contribution is 2.35. The minimum atomic E-state index is -0.457. The Balaban J connectivity index is 1.57. The molecule has 0 saturated heterocycles. The number of rotatable bonds is 3. The zero-order valence-electron chi connectivity index (χ0n) is 14.5. The molecule has 0 bridgehead atoms. The van der Waals surface area contributed by atoms with Gasteiger partial charge in [0.25, 0.3) is 0 Å². The third-order valence-corrected chi connectivity index (χ3v) is 4.18. The fourth-order valence-electron chi connectivity index (χ4n) is 2.79. The maximum absolute atomic E-state index is 12.5. The van der Waals surface area contributed by atoms with Crippen LogP contribution in [-0.4, -0.2) is 16.7 Å². The molecule has 2 heterocycles. The predicted molar refractivity (Wildman–Crippen MR) is 99.8 cm³/mol. The molecule has 3 aromatic rings. The van der Waals surface area contributed by atoms with E-state index in [-0.39, 0.29) is 11.5 Å². The molecular formula is C22H15NO4. The van der Waals surface area contributed by atoms with Crippen LogP contribution in [0.25, 0.3) is 6.08 Å². The van der Waals surface area contributed by atoms with Gasteiger partial charge in [0.15, 0.2) is 5.76 Å². The fourth-order valence-corrected chi connectivity index (χ4v) is 2.79. The van der Waals surface area contributed by atoms with E-state index in [4.69, 9.17) is 9.47 Å². The van der Waals surface area contributed by atoms with E-state index < -0.39 is 5.97 Å². The summed E-state index contributed by atoms with van der Waals surface area (Å²) in [6.45, 7) is 1.84. The second kappa shape index (κ2) is 6.88. The third-order valence-electron chi connectivity index (χ3n) is 4.18. The summed E-state index contributed by atoms with van der Waals surface area (Å²) < 4.78 is 11.1. The number of Topliss-reactive ketones (excluding diaryl/α,β-unsaturated/α-hetero) is 1. The highest BCUT2D eigenvalue weighted by Gasteiger charge is 2.28. The van der Waals surface area contributed by atoms with Crippen LogP contribution >= 0.6 is 0 Å². The Hall–Kier alpha value is -3.73. The number of benzene rings is 2. The van der Waals surface area contributed by atoms with E-state index in [1.165, 1.54) is 0 Å². The molecule has 27 heavy (non-hydrogen) atoms. The lowest BCUT2D eigenvalue weighted by molar-refractivity contribution is 0.0733. The summed E-state index contributed by atoms with van der Waals surface area (Å²) in [5, 5.41) is 0. The van der Waals surface area contributed by atoms with Gasteiger partial charge in [0, 0.05) is 18.3 Å².